The fourth-order valence-electron chi connectivity index (χ4n) is 2.82. The molecule has 0 radical (unpaired) electrons. The minimum atomic E-state index is -0.762. The first-order valence-corrected chi connectivity index (χ1v) is 10.1. The van der Waals surface area contributed by atoms with E-state index in [9.17, 15) is 9.18 Å². The maximum atomic E-state index is 15.2. The second kappa shape index (κ2) is 9.50. The molecule has 1 heterocycles. The molecule has 1 aromatic heterocycles. The number of hydrogen-bond donors (Lipinski definition) is 3. The fraction of sp³-hybridized carbons (Fsp3) is 0.300. The number of carbonyl (C=O) groups is 1. The zero-order valence-corrected chi connectivity index (χ0v) is 18.3. The van der Waals surface area contributed by atoms with Gasteiger partial charge in [0, 0.05) is 24.1 Å². The number of amides is 1. The molecule has 3 rings (SSSR count). The summed E-state index contributed by atoms with van der Waals surface area (Å²) in [5.41, 5.74) is 2.58. The Morgan fingerprint density at radius 2 is 2.07 bits per heavy atom. The molecule has 10 heteroatoms. The van der Waals surface area contributed by atoms with Gasteiger partial charge in [0.15, 0.2) is 5.82 Å². The van der Waals surface area contributed by atoms with Crippen LogP contribution in [0.5, 0.6) is 0 Å². The van der Waals surface area contributed by atoms with Gasteiger partial charge in [-0.15, -0.1) is 0 Å². The van der Waals surface area contributed by atoms with Gasteiger partial charge >= 0.3 is 0 Å². The SMILES string of the molecule is CC(C)NCCONC(=O)c1cc2c(ncn2C)c(F)c1Nc1ccc(Br)cc1F. The number of nitrogens with zero attached hydrogens (tertiary/aromatic N) is 2. The van der Waals surface area contributed by atoms with Crippen molar-refractivity contribution in [1.29, 1.82) is 0 Å². The molecule has 1 amide bonds. The van der Waals surface area contributed by atoms with Crippen LogP contribution in [-0.4, -0.2) is 34.7 Å². The van der Waals surface area contributed by atoms with Gasteiger partial charge in [0.2, 0.25) is 0 Å². The van der Waals surface area contributed by atoms with E-state index in [1.807, 2.05) is 13.8 Å². The highest BCUT2D eigenvalue weighted by Crippen LogP contribution is 2.32. The number of rotatable bonds is 8. The van der Waals surface area contributed by atoms with Gasteiger partial charge in [-0.1, -0.05) is 29.8 Å². The molecule has 0 aliphatic carbocycles. The van der Waals surface area contributed by atoms with Crippen LogP contribution in [-0.2, 0) is 11.9 Å². The van der Waals surface area contributed by atoms with E-state index in [4.69, 9.17) is 4.84 Å². The average molecular weight is 482 g/mol. The Bertz CT molecular complexity index is 1070. The van der Waals surface area contributed by atoms with Crippen molar-refractivity contribution in [3.8, 4) is 0 Å². The summed E-state index contributed by atoms with van der Waals surface area (Å²) in [6, 6.07) is 6.05. The zero-order valence-electron chi connectivity index (χ0n) is 16.7. The smallest absolute Gasteiger partial charge is 0.277 e. The molecular formula is C20H22BrF2N5O2. The number of nitrogens with one attached hydrogen (secondary N) is 3. The summed E-state index contributed by atoms with van der Waals surface area (Å²) < 4.78 is 31.7. The molecule has 0 atom stereocenters. The molecule has 0 spiro atoms. The lowest BCUT2D eigenvalue weighted by Crippen LogP contribution is -2.31. The Kier molecular flexibility index (Phi) is 7.01. The molecule has 3 aromatic rings. The molecule has 30 heavy (non-hydrogen) atoms. The van der Waals surface area contributed by atoms with Crippen molar-refractivity contribution < 1.29 is 18.4 Å². The van der Waals surface area contributed by atoms with Crippen molar-refractivity contribution in [2.24, 2.45) is 7.05 Å². The van der Waals surface area contributed by atoms with Crippen LogP contribution >= 0.6 is 15.9 Å². The van der Waals surface area contributed by atoms with Crippen molar-refractivity contribution in [2.45, 2.75) is 19.9 Å². The topological polar surface area (TPSA) is 80.2 Å². The van der Waals surface area contributed by atoms with E-state index in [0.717, 1.165) is 0 Å². The zero-order chi connectivity index (χ0) is 21.8. The summed E-state index contributed by atoms with van der Waals surface area (Å²) in [6.07, 6.45) is 1.44. The monoisotopic (exact) mass is 481 g/mol. The van der Waals surface area contributed by atoms with Crippen LogP contribution in [0.15, 0.2) is 35.1 Å². The number of carbonyl (C=O) groups excluding carboxylic acids is 1. The van der Waals surface area contributed by atoms with Crippen LogP contribution in [0.3, 0.4) is 0 Å². The third-order valence-electron chi connectivity index (χ3n) is 4.32. The molecule has 2 aromatic carbocycles. The lowest BCUT2D eigenvalue weighted by atomic mass is 10.1. The van der Waals surface area contributed by atoms with E-state index in [-0.39, 0.29) is 35.1 Å². The normalized spacial score (nSPS) is 11.3. The molecule has 0 bridgehead atoms. The first-order valence-electron chi connectivity index (χ1n) is 9.29. The van der Waals surface area contributed by atoms with Crippen molar-refractivity contribution in [1.82, 2.24) is 20.3 Å². The Balaban J connectivity index is 1.92. The predicted molar refractivity (Wildman–Crippen MR) is 115 cm³/mol. The van der Waals surface area contributed by atoms with Gasteiger partial charge in [0.05, 0.1) is 35.4 Å². The van der Waals surface area contributed by atoms with Crippen LogP contribution in [0.25, 0.3) is 11.0 Å². The molecule has 7 nitrogen and oxygen atoms in total. The number of aryl methyl sites for hydroxylation is 1. The molecule has 0 aliphatic heterocycles. The summed E-state index contributed by atoms with van der Waals surface area (Å²) in [5.74, 6) is -2.03. The molecule has 0 saturated heterocycles. The molecule has 0 fully saturated rings. The van der Waals surface area contributed by atoms with Gasteiger partial charge in [0.25, 0.3) is 5.91 Å². The minimum absolute atomic E-state index is 0.0171. The number of halogens is 3. The van der Waals surface area contributed by atoms with Crippen molar-refractivity contribution in [3.05, 3.63) is 52.3 Å². The van der Waals surface area contributed by atoms with Gasteiger partial charge in [-0.25, -0.2) is 19.2 Å². The third-order valence-corrected chi connectivity index (χ3v) is 4.81. The number of aromatic nitrogens is 2. The molecule has 160 valence electrons. The number of imidazole rings is 1. The number of anilines is 2. The van der Waals surface area contributed by atoms with E-state index in [2.05, 4.69) is 37.0 Å². The van der Waals surface area contributed by atoms with Crippen molar-refractivity contribution >= 4 is 44.2 Å². The highest BCUT2D eigenvalue weighted by atomic mass is 79.9. The van der Waals surface area contributed by atoms with Gasteiger partial charge in [-0.05, 0) is 24.3 Å². The van der Waals surface area contributed by atoms with Crippen LogP contribution in [0.4, 0.5) is 20.2 Å². The lowest BCUT2D eigenvalue weighted by molar-refractivity contribution is 0.0321. The quantitative estimate of drug-likeness (QED) is 0.334. The second-order valence-corrected chi connectivity index (χ2v) is 7.89. The van der Waals surface area contributed by atoms with Crippen LogP contribution < -0.4 is 16.1 Å². The summed E-state index contributed by atoms with van der Waals surface area (Å²) in [4.78, 5) is 22.0. The first kappa shape index (κ1) is 22.1. The van der Waals surface area contributed by atoms with Gasteiger partial charge in [-0.2, -0.15) is 0 Å². The molecule has 0 saturated carbocycles. The summed E-state index contributed by atoms with van der Waals surface area (Å²) in [6.45, 7) is 4.74. The summed E-state index contributed by atoms with van der Waals surface area (Å²) in [7, 11) is 1.69. The third kappa shape index (κ3) is 4.94. The average Bonchev–Trinajstić information content (AvgIpc) is 3.06. The van der Waals surface area contributed by atoms with Gasteiger partial charge in [0.1, 0.15) is 11.3 Å². The Morgan fingerprint density at radius 3 is 2.77 bits per heavy atom. The number of hydroxylamine groups is 1. The first-order chi connectivity index (χ1) is 14.3. The largest absolute Gasteiger partial charge is 0.350 e. The Morgan fingerprint density at radius 1 is 1.30 bits per heavy atom. The Hall–Kier alpha value is -2.56. The lowest BCUT2D eigenvalue weighted by Gasteiger charge is -2.15. The standard InChI is InChI=1S/C20H22BrF2N5O2/c1-11(2)24-6-7-30-27-20(29)13-9-16-19(25-10-28(16)3)17(23)18(13)26-15-5-4-12(21)8-14(15)22/h4-5,8-11,24,26H,6-7H2,1-3H3,(H,27,29). The highest BCUT2D eigenvalue weighted by Gasteiger charge is 2.22. The van der Waals surface area contributed by atoms with Gasteiger partial charge < -0.3 is 15.2 Å². The van der Waals surface area contributed by atoms with E-state index in [1.165, 1.54) is 24.5 Å². The predicted octanol–water partition coefficient (Wildman–Crippen LogP) is 4.02. The molecule has 0 aliphatic rings. The van der Waals surface area contributed by atoms with E-state index >= 15 is 4.39 Å². The van der Waals surface area contributed by atoms with E-state index in [1.54, 1.807) is 17.7 Å². The van der Waals surface area contributed by atoms with E-state index in [0.29, 0.717) is 16.5 Å². The van der Waals surface area contributed by atoms with Crippen LogP contribution in [0.1, 0.15) is 24.2 Å². The number of fused-ring (bicyclic) bond motifs is 1. The van der Waals surface area contributed by atoms with Gasteiger partial charge in [-0.3, -0.25) is 9.63 Å². The van der Waals surface area contributed by atoms with Crippen molar-refractivity contribution in [2.75, 3.05) is 18.5 Å². The molecule has 3 N–H and O–H groups in total. The number of hydrogen-bond acceptors (Lipinski definition) is 5. The maximum absolute atomic E-state index is 15.2. The van der Waals surface area contributed by atoms with Crippen LogP contribution in [0.2, 0.25) is 0 Å². The minimum Gasteiger partial charge on any atom is -0.350 e. The van der Waals surface area contributed by atoms with E-state index < -0.39 is 17.5 Å². The molecular weight excluding hydrogens is 460 g/mol. The second-order valence-electron chi connectivity index (χ2n) is 6.97. The number of benzene rings is 2. The van der Waals surface area contributed by atoms with Crippen molar-refractivity contribution in [3.63, 3.8) is 0 Å². The summed E-state index contributed by atoms with van der Waals surface area (Å²) >= 11 is 3.18. The van der Waals surface area contributed by atoms with Crippen LogP contribution in [0, 0.1) is 11.6 Å². The maximum Gasteiger partial charge on any atom is 0.277 e. The summed E-state index contributed by atoms with van der Waals surface area (Å²) in [5, 5.41) is 5.83. The molecule has 0 unspecified atom stereocenters. The Labute approximate surface area is 180 Å². The fourth-order valence-corrected chi connectivity index (χ4v) is 3.15. The highest BCUT2D eigenvalue weighted by molar-refractivity contribution is 9.10.